The van der Waals surface area contributed by atoms with E-state index in [-0.39, 0.29) is 42.5 Å². The van der Waals surface area contributed by atoms with Crippen molar-refractivity contribution in [3.63, 3.8) is 0 Å². The molecule has 1 saturated heterocycles. The van der Waals surface area contributed by atoms with Crippen molar-refractivity contribution in [2.24, 2.45) is 0 Å². The van der Waals surface area contributed by atoms with Crippen LogP contribution in [0.15, 0.2) is 24.3 Å². The normalized spacial score (nSPS) is 17.6. The predicted molar refractivity (Wildman–Crippen MR) is 89.9 cm³/mol. The molecule has 2 N–H and O–H groups in total. The first kappa shape index (κ1) is 18.9. The minimum Gasteiger partial charge on any atom is -0.478 e. The van der Waals surface area contributed by atoms with Crippen LogP contribution in [0.5, 0.6) is 0 Å². The third-order valence-electron chi connectivity index (χ3n) is 4.00. The molecule has 0 aliphatic carbocycles. The Labute approximate surface area is 145 Å². The molecule has 136 valence electrons. The molecule has 0 spiro atoms. The van der Waals surface area contributed by atoms with Crippen LogP contribution >= 0.6 is 0 Å². The van der Waals surface area contributed by atoms with Crippen LogP contribution in [-0.4, -0.2) is 66.8 Å². The van der Waals surface area contributed by atoms with Crippen molar-refractivity contribution in [1.29, 1.82) is 0 Å². The molecule has 1 fully saturated rings. The Kier molecular flexibility index (Phi) is 5.78. The summed E-state index contributed by atoms with van der Waals surface area (Å²) in [6.07, 6.45) is -0.158. The lowest BCUT2D eigenvalue weighted by atomic mass is 10.0. The fraction of sp³-hybridized carbons (Fsp3) is 0.438. The van der Waals surface area contributed by atoms with Gasteiger partial charge in [-0.05, 0) is 18.6 Å². The number of benzene rings is 1. The summed E-state index contributed by atoms with van der Waals surface area (Å²) in [5, 5.41) is 11.7. The number of carbonyl (C=O) groups excluding carboxylic acids is 2. The molecule has 1 aliphatic rings. The molecule has 0 bridgehead atoms. The fourth-order valence-electron chi connectivity index (χ4n) is 2.62. The molecule has 1 atom stereocenters. The summed E-state index contributed by atoms with van der Waals surface area (Å²) in [6.45, 7) is 1.75. The van der Waals surface area contributed by atoms with Crippen molar-refractivity contribution >= 4 is 27.6 Å². The molecule has 0 radical (unpaired) electrons. The van der Waals surface area contributed by atoms with Gasteiger partial charge in [-0.15, -0.1) is 0 Å². The number of aromatic carboxylic acids is 1. The first-order valence-corrected chi connectivity index (χ1v) is 9.61. The first-order chi connectivity index (χ1) is 11.7. The van der Waals surface area contributed by atoms with Crippen LogP contribution in [0.4, 0.5) is 0 Å². The molecule has 1 aromatic rings. The van der Waals surface area contributed by atoms with E-state index in [1.807, 2.05) is 0 Å². The molecular formula is C16H20N2O6S. The van der Waals surface area contributed by atoms with E-state index in [2.05, 4.69) is 5.32 Å². The third-order valence-corrected chi connectivity index (χ3v) is 5.61. The van der Waals surface area contributed by atoms with Crippen LogP contribution in [0.3, 0.4) is 0 Å². The van der Waals surface area contributed by atoms with Gasteiger partial charge in [-0.25, -0.2) is 13.2 Å². The van der Waals surface area contributed by atoms with Gasteiger partial charge in [0.1, 0.15) is 6.04 Å². The SMILES string of the molecule is CC(NC(=O)Cc1ccccc1C(=O)O)C(=O)N1CCS(=O)(=O)CC1. The summed E-state index contributed by atoms with van der Waals surface area (Å²) in [7, 11) is -3.09. The first-order valence-electron chi connectivity index (χ1n) is 7.79. The minimum absolute atomic E-state index is 0.0397. The molecule has 1 heterocycles. The van der Waals surface area contributed by atoms with Crippen LogP contribution in [0.1, 0.15) is 22.8 Å². The van der Waals surface area contributed by atoms with Gasteiger partial charge in [0.15, 0.2) is 9.84 Å². The van der Waals surface area contributed by atoms with Crippen molar-refractivity contribution in [3.8, 4) is 0 Å². The molecule has 25 heavy (non-hydrogen) atoms. The maximum Gasteiger partial charge on any atom is 0.335 e. The average Bonchev–Trinajstić information content (AvgIpc) is 2.54. The molecule has 2 rings (SSSR count). The van der Waals surface area contributed by atoms with Crippen molar-refractivity contribution in [2.75, 3.05) is 24.6 Å². The van der Waals surface area contributed by atoms with E-state index >= 15 is 0 Å². The summed E-state index contributed by atoms with van der Waals surface area (Å²) < 4.78 is 22.8. The summed E-state index contributed by atoms with van der Waals surface area (Å²) in [6, 6.07) is 5.35. The number of sulfone groups is 1. The molecule has 2 amide bonds. The van der Waals surface area contributed by atoms with Gasteiger partial charge in [-0.3, -0.25) is 9.59 Å². The highest BCUT2D eigenvalue weighted by Crippen LogP contribution is 2.10. The maximum absolute atomic E-state index is 12.3. The number of hydrogen-bond donors (Lipinski definition) is 2. The molecule has 1 aliphatic heterocycles. The van der Waals surface area contributed by atoms with Crippen molar-refractivity contribution in [1.82, 2.24) is 10.2 Å². The largest absolute Gasteiger partial charge is 0.478 e. The lowest BCUT2D eigenvalue weighted by Gasteiger charge is -2.29. The Hall–Kier alpha value is -2.42. The Bertz CT molecular complexity index is 776. The molecule has 8 nitrogen and oxygen atoms in total. The second kappa shape index (κ2) is 7.64. The summed E-state index contributed by atoms with van der Waals surface area (Å²) in [4.78, 5) is 37.0. The van der Waals surface area contributed by atoms with Gasteiger partial charge in [0.25, 0.3) is 0 Å². The van der Waals surface area contributed by atoms with Crippen LogP contribution in [0.25, 0.3) is 0 Å². The third kappa shape index (κ3) is 5.02. The summed E-state index contributed by atoms with van der Waals surface area (Å²) in [5.41, 5.74) is 0.397. The van der Waals surface area contributed by atoms with E-state index in [0.29, 0.717) is 5.56 Å². The second-order valence-corrected chi connectivity index (χ2v) is 8.21. The van der Waals surface area contributed by atoms with E-state index < -0.39 is 27.8 Å². The van der Waals surface area contributed by atoms with E-state index in [1.54, 1.807) is 18.2 Å². The number of carbonyl (C=O) groups is 3. The van der Waals surface area contributed by atoms with Crippen molar-refractivity contribution in [2.45, 2.75) is 19.4 Å². The van der Waals surface area contributed by atoms with E-state index in [4.69, 9.17) is 5.11 Å². The van der Waals surface area contributed by atoms with Crippen LogP contribution in [-0.2, 0) is 25.8 Å². The van der Waals surface area contributed by atoms with E-state index in [0.717, 1.165) is 0 Å². The van der Waals surface area contributed by atoms with E-state index in [1.165, 1.54) is 17.9 Å². The number of nitrogens with one attached hydrogen (secondary N) is 1. The number of hydrogen-bond acceptors (Lipinski definition) is 5. The Morgan fingerprint density at radius 2 is 1.80 bits per heavy atom. The predicted octanol–water partition coefficient (Wildman–Crippen LogP) is -0.311. The molecule has 1 aromatic carbocycles. The number of carboxylic acid groups (broad SMARTS) is 1. The van der Waals surface area contributed by atoms with Crippen molar-refractivity contribution in [3.05, 3.63) is 35.4 Å². The maximum atomic E-state index is 12.3. The van der Waals surface area contributed by atoms with E-state index in [9.17, 15) is 22.8 Å². The highest BCUT2D eigenvalue weighted by Gasteiger charge is 2.28. The van der Waals surface area contributed by atoms with Gasteiger partial charge < -0.3 is 15.3 Å². The summed E-state index contributed by atoms with van der Waals surface area (Å²) in [5.74, 6) is -2.10. The van der Waals surface area contributed by atoms with Crippen LogP contribution < -0.4 is 5.32 Å². The van der Waals surface area contributed by atoms with Crippen LogP contribution in [0.2, 0.25) is 0 Å². The molecule has 9 heteroatoms. The summed E-state index contributed by atoms with van der Waals surface area (Å²) >= 11 is 0. The average molecular weight is 368 g/mol. The van der Waals surface area contributed by atoms with Crippen LogP contribution in [0, 0.1) is 0 Å². The molecule has 1 unspecified atom stereocenters. The van der Waals surface area contributed by atoms with Gasteiger partial charge in [-0.2, -0.15) is 0 Å². The van der Waals surface area contributed by atoms with Gasteiger partial charge in [0, 0.05) is 13.1 Å². The van der Waals surface area contributed by atoms with Gasteiger partial charge in [0.05, 0.1) is 23.5 Å². The topological polar surface area (TPSA) is 121 Å². The highest BCUT2D eigenvalue weighted by molar-refractivity contribution is 7.91. The Morgan fingerprint density at radius 3 is 2.40 bits per heavy atom. The zero-order valence-electron chi connectivity index (χ0n) is 13.8. The lowest BCUT2D eigenvalue weighted by molar-refractivity contribution is -0.135. The Balaban J connectivity index is 1.94. The fourth-order valence-corrected chi connectivity index (χ4v) is 3.82. The number of nitrogens with zero attached hydrogens (tertiary/aromatic N) is 1. The lowest BCUT2D eigenvalue weighted by Crippen LogP contribution is -2.51. The number of amides is 2. The number of carboxylic acids is 1. The monoisotopic (exact) mass is 368 g/mol. The smallest absolute Gasteiger partial charge is 0.335 e. The molecule has 0 aromatic heterocycles. The standard InChI is InChI=1S/C16H20N2O6S/c1-11(15(20)18-6-8-25(23,24)9-7-18)17-14(19)10-12-4-2-3-5-13(12)16(21)22/h2-5,11H,6-10H2,1H3,(H,17,19)(H,21,22). The van der Waals surface area contributed by atoms with Crippen molar-refractivity contribution < 1.29 is 27.9 Å². The Morgan fingerprint density at radius 1 is 1.20 bits per heavy atom. The van der Waals surface area contributed by atoms with Gasteiger partial charge >= 0.3 is 5.97 Å². The van der Waals surface area contributed by atoms with Gasteiger partial charge in [0.2, 0.25) is 11.8 Å². The highest BCUT2D eigenvalue weighted by atomic mass is 32.2. The minimum atomic E-state index is -3.09. The van der Waals surface area contributed by atoms with Gasteiger partial charge in [-0.1, -0.05) is 18.2 Å². The quantitative estimate of drug-likeness (QED) is 0.735. The number of rotatable bonds is 5. The molecule has 0 saturated carbocycles. The second-order valence-electron chi connectivity index (χ2n) is 5.91. The zero-order valence-corrected chi connectivity index (χ0v) is 14.6. The zero-order chi connectivity index (χ0) is 18.6. The molecular weight excluding hydrogens is 348 g/mol.